The third-order valence-corrected chi connectivity index (χ3v) is 5.16. The molecule has 140 valence electrons. The molecule has 0 atom stereocenters. The molecule has 3 aromatic rings. The average molecular weight is 371 g/mol. The fraction of sp³-hybridized carbons (Fsp3) is 0.227. The van der Waals surface area contributed by atoms with E-state index in [0.717, 1.165) is 41.2 Å². The zero-order valence-corrected chi connectivity index (χ0v) is 15.9. The molecule has 0 bridgehead atoms. The summed E-state index contributed by atoms with van der Waals surface area (Å²) in [5.41, 5.74) is 5.89. The second-order valence-electron chi connectivity index (χ2n) is 6.98. The fourth-order valence-corrected chi connectivity index (χ4v) is 3.61. The number of carbonyl (C=O) groups is 1. The fourth-order valence-electron chi connectivity index (χ4n) is 3.61. The van der Waals surface area contributed by atoms with Crippen LogP contribution in [0.25, 0.3) is 11.1 Å². The predicted octanol–water partition coefficient (Wildman–Crippen LogP) is 3.61. The lowest BCUT2D eigenvalue weighted by atomic mass is 10.0. The van der Waals surface area contributed by atoms with E-state index in [-0.39, 0.29) is 5.91 Å². The minimum absolute atomic E-state index is 0.0874. The number of carbonyl (C=O) groups excluding carboxylic acids is 1. The van der Waals surface area contributed by atoms with Crippen LogP contribution in [0.3, 0.4) is 0 Å². The molecule has 0 saturated heterocycles. The van der Waals surface area contributed by atoms with Crippen molar-refractivity contribution in [3.8, 4) is 17.2 Å². The highest BCUT2D eigenvalue weighted by Gasteiger charge is 2.25. The van der Waals surface area contributed by atoms with Gasteiger partial charge in [-0.05, 0) is 35.4 Å². The lowest BCUT2D eigenvalue weighted by molar-refractivity contribution is -0.129. The van der Waals surface area contributed by atoms with Crippen molar-refractivity contribution in [2.24, 2.45) is 7.05 Å². The van der Waals surface area contributed by atoms with Crippen LogP contribution in [0.1, 0.15) is 23.7 Å². The molecule has 2 heterocycles. The van der Waals surface area contributed by atoms with E-state index < -0.39 is 0 Å². The van der Waals surface area contributed by atoms with Crippen molar-refractivity contribution in [3.05, 3.63) is 65.4 Å². The normalized spacial score (nSPS) is 13.0. The topological polar surface area (TPSA) is 74.0 Å². The molecular formula is C22H21N5O. The maximum Gasteiger partial charge on any atom is 0.219 e. The Morgan fingerprint density at radius 3 is 2.68 bits per heavy atom. The van der Waals surface area contributed by atoms with Gasteiger partial charge in [0.1, 0.15) is 0 Å². The highest BCUT2D eigenvalue weighted by atomic mass is 16.2. The molecule has 6 nitrogen and oxygen atoms in total. The van der Waals surface area contributed by atoms with Gasteiger partial charge in [-0.25, -0.2) is 0 Å². The Hall–Kier alpha value is -3.59. The number of nitrogens with one attached hydrogen (secondary N) is 1. The number of benzene rings is 2. The zero-order valence-electron chi connectivity index (χ0n) is 15.9. The van der Waals surface area contributed by atoms with E-state index in [1.54, 1.807) is 13.0 Å². The molecule has 0 unspecified atom stereocenters. The van der Waals surface area contributed by atoms with Crippen molar-refractivity contribution >= 4 is 17.4 Å². The number of amides is 1. The number of rotatable bonds is 3. The minimum atomic E-state index is 0.0874. The van der Waals surface area contributed by atoms with Crippen LogP contribution in [0.2, 0.25) is 0 Å². The Morgan fingerprint density at radius 1 is 1.18 bits per heavy atom. The molecular weight excluding hydrogens is 350 g/mol. The van der Waals surface area contributed by atoms with Crippen LogP contribution in [-0.2, 0) is 24.8 Å². The summed E-state index contributed by atoms with van der Waals surface area (Å²) in [6, 6.07) is 17.8. The maximum absolute atomic E-state index is 11.8. The van der Waals surface area contributed by atoms with Gasteiger partial charge in [-0.15, -0.1) is 0 Å². The summed E-state index contributed by atoms with van der Waals surface area (Å²) < 4.78 is 1.90. The predicted molar refractivity (Wildman–Crippen MR) is 108 cm³/mol. The van der Waals surface area contributed by atoms with Crippen LogP contribution >= 0.6 is 0 Å². The van der Waals surface area contributed by atoms with Crippen molar-refractivity contribution < 1.29 is 4.79 Å². The number of anilines is 2. The average Bonchev–Trinajstić information content (AvgIpc) is 3.03. The standard InChI is InChI=1S/C22H21N5O/c1-15(28)27-11-10-21-20(14-27)22(25-26(21)2)24-19-8-6-17(7-9-19)18-5-3-4-16(12-18)13-23/h3-9,12H,10-11,14H2,1-2H3,(H,24,25). The SMILES string of the molecule is CC(=O)N1CCc2c(c(Nc3ccc(-c4cccc(C#N)c4)cc3)nn2C)C1. The molecule has 0 saturated carbocycles. The number of aromatic nitrogens is 2. The van der Waals surface area contributed by atoms with Crippen LogP contribution < -0.4 is 5.32 Å². The van der Waals surface area contributed by atoms with Gasteiger partial charge in [-0.1, -0.05) is 24.3 Å². The lowest BCUT2D eigenvalue weighted by Crippen LogP contribution is -2.34. The number of nitriles is 1. The number of hydrogen-bond donors (Lipinski definition) is 1. The third kappa shape index (κ3) is 3.35. The van der Waals surface area contributed by atoms with E-state index in [0.29, 0.717) is 12.1 Å². The molecule has 0 aliphatic carbocycles. The number of hydrogen-bond acceptors (Lipinski definition) is 4. The van der Waals surface area contributed by atoms with Crippen molar-refractivity contribution in [2.75, 3.05) is 11.9 Å². The monoisotopic (exact) mass is 371 g/mol. The molecule has 0 fully saturated rings. The van der Waals surface area contributed by atoms with Crippen LogP contribution in [0.5, 0.6) is 0 Å². The lowest BCUT2D eigenvalue weighted by Gasteiger charge is -2.26. The summed E-state index contributed by atoms with van der Waals surface area (Å²) in [7, 11) is 1.94. The quantitative estimate of drug-likeness (QED) is 0.763. The van der Waals surface area contributed by atoms with Gasteiger partial charge >= 0.3 is 0 Å². The van der Waals surface area contributed by atoms with E-state index >= 15 is 0 Å². The molecule has 2 aromatic carbocycles. The summed E-state index contributed by atoms with van der Waals surface area (Å²) in [6.07, 6.45) is 0.814. The molecule has 0 spiro atoms. The Morgan fingerprint density at radius 2 is 1.96 bits per heavy atom. The van der Waals surface area contributed by atoms with Gasteiger partial charge in [0.05, 0.1) is 18.2 Å². The highest BCUT2D eigenvalue weighted by molar-refractivity contribution is 5.74. The molecule has 28 heavy (non-hydrogen) atoms. The Labute approximate surface area is 164 Å². The van der Waals surface area contributed by atoms with E-state index in [1.807, 2.05) is 59.1 Å². The van der Waals surface area contributed by atoms with Crippen molar-refractivity contribution in [2.45, 2.75) is 19.9 Å². The van der Waals surface area contributed by atoms with Gasteiger partial charge in [-0.3, -0.25) is 9.48 Å². The van der Waals surface area contributed by atoms with E-state index in [9.17, 15) is 4.79 Å². The van der Waals surface area contributed by atoms with Gasteiger partial charge in [0.15, 0.2) is 5.82 Å². The van der Waals surface area contributed by atoms with Gasteiger partial charge in [-0.2, -0.15) is 10.4 Å². The Balaban J connectivity index is 1.57. The second kappa shape index (κ2) is 7.20. The minimum Gasteiger partial charge on any atom is -0.338 e. The molecule has 1 aromatic heterocycles. The first-order valence-electron chi connectivity index (χ1n) is 9.23. The highest BCUT2D eigenvalue weighted by Crippen LogP contribution is 2.29. The molecule has 1 N–H and O–H groups in total. The molecule has 1 amide bonds. The van der Waals surface area contributed by atoms with Crippen molar-refractivity contribution in [1.82, 2.24) is 14.7 Å². The molecule has 4 rings (SSSR count). The molecule has 0 radical (unpaired) electrons. The summed E-state index contributed by atoms with van der Waals surface area (Å²) in [4.78, 5) is 13.6. The van der Waals surface area contributed by atoms with Crippen molar-refractivity contribution in [1.29, 1.82) is 5.26 Å². The number of fused-ring (bicyclic) bond motifs is 1. The number of nitrogens with zero attached hydrogens (tertiary/aromatic N) is 4. The van der Waals surface area contributed by atoms with Crippen LogP contribution in [0.4, 0.5) is 11.5 Å². The van der Waals surface area contributed by atoms with E-state index in [1.165, 1.54) is 5.69 Å². The van der Waals surface area contributed by atoms with Crippen LogP contribution in [-0.4, -0.2) is 27.1 Å². The summed E-state index contributed by atoms with van der Waals surface area (Å²) in [6.45, 7) is 2.92. The molecule has 1 aliphatic heterocycles. The first-order chi connectivity index (χ1) is 13.5. The second-order valence-corrected chi connectivity index (χ2v) is 6.98. The maximum atomic E-state index is 11.8. The summed E-state index contributed by atoms with van der Waals surface area (Å²) in [5, 5.41) is 17.1. The van der Waals surface area contributed by atoms with Gasteiger partial charge < -0.3 is 10.2 Å². The molecule has 6 heteroatoms. The third-order valence-electron chi connectivity index (χ3n) is 5.16. The molecule has 1 aliphatic rings. The van der Waals surface area contributed by atoms with Crippen molar-refractivity contribution in [3.63, 3.8) is 0 Å². The van der Waals surface area contributed by atoms with Gasteiger partial charge in [0.25, 0.3) is 0 Å². The van der Waals surface area contributed by atoms with E-state index in [4.69, 9.17) is 5.26 Å². The first-order valence-corrected chi connectivity index (χ1v) is 9.23. The summed E-state index contributed by atoms with van der Waals surface area (Å²) >= 11 is 0. The van der Waals surface area contributed by atoms with Crippen LogP contribution in [0, 0.1) is 11.3 Å². The smallest absolute Gasteiger partial charge is 0.219 e. The Bertz CT molecular complexity index is 1080. The van der Waals surface area contributed by atoms with Gasteiger partial charge in [0, 0.05) is 43.9 Å². The zero-order chi connectivity index (χ0) is 19.7. The number of aryl methyl sites for hydroxylation is 1. The first kappa shape index (κ1) is 17.8. The van der Waals surface area contributed by atoms with E-state index in [2.05, 4.69) is 16.5 Å². The van der Waals surface area contributed by atoms with Crippen LogP contribution in [0.15, 0.2) is 48.5 Å². The van der Waals surface area contributed by atoms with Gasteiger partial charge in [0.2, 0.25) is 5.91 Å². The largest absolute Gasteiger partial charge is 0.338 e. The summed E-state index contributed by atoms with van der Waals surface area (Å²) in [5.74, 6) is 0.882. The Kier molecular flexibility index (Phi) is 4.58.